The zero-order valence-electron chi connectivity index (χ0n) is 8.93. The molecule has 0 amide bonds. The van der Waals surface area contributed by atoms with Gasteiger partial charge < -0.3 is 9.52 Å². The number of fused-ring (bicyclic) bond motifs is 1. The Labute approximate surface area is 92.1 Å². The number of hydrogen-bond acceptors (Lipinski definition) is 4. The Kier molecular flexibility index (Phi) is 2.85. The molecule has 0 fully saturated rings. The van der Waals surface area contributed by atoms with E-state index in [1.807, 2.05) is 0 Å². The summed E-state index contributed by atoms with van der Waals surface area (Å²) in [5.74, 6) is -0.469. The summed E-state index contributed by atoms with van der Waals surface area (Å²) in [6.07, 6.45) is 5.54. The lowest BCUT2D eigenvalue weighted by atomic mass is 10.2. The van der Waals surface area contributed by atoms with E-state index in [0.717, 1.165) is 19.3 Å². The van der Waals surface area contributed by atoms with Gasteiger partial charge in [-0.1, -0.05) is 13.3 Å². The summed E-state index contributed by atoms with van der Waals surface area (Å²) in [5, 5.41) is 8.94. The Balaban J connectivity index is 2.44. The molecule has 0 aliphatic rings. The summed E-state index contributed by atoms with van der Waals surface area (Å²) in [5.41, 5.74) is 0.882. The Morgan fingerprint density at radius 1 is 1.50 bits per heavy atom. The SMILES string of the molecule is CCCCc1nc2cncc(C(=O)O)c2o1. The number of unbranched alkanes of at least 4 members (excludes halogenated alkanes) is 1. The van der Waals surface area contributed by atoms with E-state index in [1.54, 1.807) is 0 Å². The van der Waals surface area contributed by atoms with Gasteiger partial charge in [0, 0.05) is 12.6 Å². The largest absolute Gasteiger partial charge is 0.477 e. The summed E-state index contributed by atoms with van der Waals surface area (Å²) in [6.45, 7) is 2.08. The van der Waals surface area contributed by atoms with Gasteiger partial charge in [0.2, 0.25) is 0 Å². The van der Waals surface area contributed by atoms with Gasteiger partial charge in [0.05, 0.1) is 6.20 Å². The molecule has 0 saturated heterocycles. The Morgan fingerprint density at radius 2 is 2.31 bits per heavy atom. The van der Waals surface area contributed by atoms with E-state index in [2.05, 4.69) is 16.9 Å². The highest BCUT2D eigenvalue weighted by Crippen LogP contribution is 2.19. The maximum absolute atomic E-state index is 10.9. The normalized spacial score (nSPS) is 10.8. The molecule has 0 spiro atoms. The van der Waals surface area contributed by atoms with Crippen molar-refractivity contribution >= 4 is 17.1 Å². The lowest BCUT2D eigenvalue weighted by molar-refractivity contribution is 0.0697. The van der Waals surface area contributed by atoms with Crippen LogP contribution in [0.25, 0.3) is 11.1 Å². The number of hydrogen-bond donors (Lipinski definition) is 1. The molecule has 0 atom stereocenters. The maximum atomic E-state index is 10.9. The van der Waals surface area contributed by atoms with Crippen LogP contribution in [0.15, 0.2) is 16.8 Å². The van der Waals surface area contributed by atoms with Crippen molar-refractivity contribution in [2.75, 3.05) is 0 Å². The number of aryl methyl sites for hydroxylation is 1. The van der Waals surface area contributed by atoms with Crippen LogP contribution in [0.5, 0.6) is 0 Å². The number of carboxylic acids is 1. The Bertz CT molecular complexity index is 519. The van der Waals surface area contributed by atoms with Crippen molar-refractivity contribution in [2.45, 2.75) is 26.2 Å². The molecule has 0 aliphatic carbocycles. The third kappa shape index (κ3) is 1.88. The van der Waals surface area contributed by atoms with E-state index in [0.29, 0.717) is 17.0 Å². The van der Waals surface area contributed by atoms with Gasteiger partial charge in [-0.25, -0.2) is 9.78 Å². The van der Waals surface area contributed by atoms with Crippen LogP contribution in [0.1, 0.15) is 36.0 Å². The minimum absolute atomic E-state index is 0.0627. The standard InChI is InChI=1S/C11H12N2O3/c1-2-3-4-9-13-8-6-12-5-7(11(14)15)10(8)16-9/h5-6H,2-4H2,1H3,(H,14,15). The lowest BCUT2D eigenvalue weighted by Gasteiger charge is -1.92. The summed E-state index contributed by atoms with van der Waals surface area (Å²) in [4.78, 5) is 18.9. The summed E-state index contributed by atoms with van der Waals surface area (Å²) >= 11 is 0. The number of aromatic carboxylic acids is 1. The third-order valence-electron chi connectivity index (χ3n) is 2.32. The Morgan fingerprint density at radius 3 is 3.00 bits per heavy atom. The fourth-order valence-corrected chi connectivity index (χ4v) is 1.49. The van der Waals surface area contributed by atoms with E-state index in [9.17, 15) is 4.79 Å². The van der Waals surface area contributed by atoms with Gasteiger partial charge in [-0.15, -0.1) is 0 Å². The molecule has 2 aromatic rings. The first-order valence-corrected chi connectivity index (χ1v) is 5.19. The van der Waals surface area contributed by atoms with Crippen molar-refractivity contribution in [1.29, 1.82) is 0 Å². The molecule has 0 unspecified atom stereocenters. The summed E-state index contributed by atoms with van der Waals surface area (Å²) in [7, 11) is 0. The topological polar surface area (TPSA) is 76.2 Å². The predicted molar refractivity (Wildman–Crippen MR) is 57.4 cm³/mol. The third-order valence-corrected chi connectivity index (χ3v) is 2.32. The molecule has 2 rings (SSSR count). The van der Waals surface area contributed by atoms with Crippen LogP contribution in [0.2, 0.25) is 0 Å². The van der Waals surface area contributed by atoms with Crippen LogP contribution in [0, 0.1) is 0 Å². The molecule has 0 bridgehead atoms. The van der Waals surface area contributed by atoms with Crippen molar-refractivity contribution in [3.63, 3.8) is 0 Å². The van der Waals surface area contributed by atoms with Crippen molar-refractivity contribution < 1.29 is 14.3 Å². The van der Waals surface area contributed by atoms with Gasteiger partial charge in [0.15, 0.2) is 11.5 Å². The second kappa shape index (κ2) is 4.30. The van der Waals surface area contributed by atoms with E-state index >= 15 is 0 Å². The second-order valence-electron chi connectivity index (χ2n) is 3.55. The zero-order valence-corrected chi connectivity index (χ0v) is 8.93. The summed E-state index contributed by atoms with van der Waals surface area (Å²) in [6, 6.07) is 0. The molecular formula is C11H12N2O3. The van der Waals surface area contributed by atoms with Crippen LogP contribution >= 0.6 is 0 Å². The monoisotopic (exact) mass is 220 g/mol. The molecule has 2 aromatic heterocycles. The second-order valence-corrected chi connectivity index (χ2v) is 3.55. The maximum Gasteiger partial charge on any atom is 0.341 e. The van der Waals surface area contributed by atoms with E-state index < -0.39 is 5.97 Å². The molecule has 0 aliphatic heterocycles. The van der Waals surface area contributed by atoms with Crippen molar-refractivity contribution in [1.82, 2.24) is 9.97 Å². The fourth-order valence-electron chi connectivity index (χ4n) is 1.49. The number of nitrogens with zero attached hydrogens (tertiary/aromatic N) is 2. The zero-order chi connectivity index (χ0) is 11.5. The molecule has 2 heterocycles. The molecule has 0 saturated carbocycles. The molecule has 5 heteroatoms. The van der Waals surface area contributed by atoms with E-state index in [4.69, 9.17) is 9.52 Å². The van der Waals surface area contributed by atoms with Crippen molar-refractivity contribution in [3.8, 4) is 0 Å². The quantitative estimate of drug-likeness (QED) is 0.855. The molecule has 1 N–H and O–H groups in total. The van der Waals surface area contributed by atoms with Gasteiger partial charge >= 0.3 is 5.97 Å². The Hall–Kier alpha value is -1.91. The van der Waals surface area contributed by atoms with Crippen molar-refractivity contribution in [2.24, 2.45) is 0 Å². The van der Waals surface area contributed by atoms with Gasteiger partial charge in [-0.2, -0.15) is 0 Å². The minimum atomic E-state index is -1.05. The number of aromatic nitrogens is 2. The predicted octanol–water partition coefficient (Wildman–Crippen LogP) is 2.26. The lowest BCUT2D eigenvalue weighted by Crippen LogP contribution is -1.97. The summed E-state index contributed by atoms with van der Waals surface area (Å²) < 4.78 is 5.43. The molecule has 84 valence electrons. The first-order chi connectivity index (χ1) is 7.72. The van der Waals surface area contributed by atoms with Crippen LogP contribution in [0.3, 0.4) is 0 Å². The number of rotatable bonds is 4. The number of pyridine rings is 1. The molecule has 0 aromatic carbocycles. The molecular weight excluding hydrogens is 208 g/mol. The first kappa shape index (κ1) is 10.6. The van der Waals surface area contributed by atoms with Crippen LogP contribution < -0.4 is 0 Å². The molecule has 0 radical (unpaired) electrons. The van der Waals surface area contributed by atoms with Gasteiger partial charge in [0.25, 0.3) is 0 Å². The van der Waals surface area contributed by atoms with Crippen LogP contribution in [0.4, 0.5) is 0 Å². The number of carbonyl (C=O) groups is 1. The average Bonchev–Trinajstić information content (AvgIpc) is 2.68. The molecule has 5 nitrogen and oxygen atoms in total. The highest BCUT2D eigenvalue weighted by Gasteiger charge is 2.14. The highest BCUT2D eigenvalue weighted by molar-refractivity contribution is 5.99. The minimum Gasteiger partial charge on any atom is -0.477 e. The number of carboxylic acid groups (broad SMARTS) is 1. The average molecular weight is 220 g/mol. The van der Waals surface area contributed by atoms with E-state index in [1.165, 1.54) is 12.4 Å². The highest BCUT2D eigenvalue weighted by atomic mass is 16.4. The van der Waals surface area contributed by atoms with Gasteiger partial charge in [0.1, 0.15) is 11.1 Å². The van der Waals surface area contributed by atoms with Crippen LogP contribution in [-0.4, -0.2) is 21.0 Å². The van der Waals surface area contributed by atoms with Crippen LogP contribution in [-0.2, 0) is 6.42 Å². The molecule has 16 heavy (non-hydrogen) atoms. The van der Waals surface area contributed by atoms with Gasteiger partial charge in [-0.05, 0) is 6.42 Å². The first-order valence-electron chi connectivity index (χ1n) is 5.19. The smallest absolute Gasteiger partial charge is 0.341 e. The fraction of sp³-hybridized carbons (Fsp3) is 0.364. The van der Waals surface area contributed by atoms with Crippen molar-refractivity contribution in [3.05, 3.63) is 23.8 Å². The van der Waals surface area contributed by atoms with E-state index in [-0.39, 0.29) is 5.56 Å². The van der Waals surface area contributed by atoms with Gasteiger partial charge in [-0.3, -0.25) is 4.98 Å². The number of oxazole rings is 1.